The Kier molecular flexibility index (Phi) is 5.25. The number of halogens is 1. The van der Waals surface area contributed by atoms with E-state index in [1.807, 2.05) is 12.1 Å². The lowest BCUT2D eigenvalue weighted by molar-refractivity contribution is 0.0216. The summed E-state index contributed by atoms with van der Waals surface area (Å²) >= 11 is 3.59. The summed E-state index contributed by atoms with van der Waals surface area (Å²) in [5.74, 6) is 0. The lowest BCUT2D eigenvalue weighted by atomic mass is 10.1. The molecule has 2 unspecified atom stereocenters. The smallest absolute Gasteiger partial charge is 0.0762 e. The number of hydrogen-bond donors (Lipinski definition) is 1. The van der Waals surface area contributed by atoms with Gasteiger partial charge < -0.3 is 14.7 Å². The van der Waals surface area contributed by atoms with Gasteiger partial charge in [0, 0.05) is 24.7 Å². The van der Waals surface area contributed by atoms with E-state index in [0.29, 0.717) is 6.10 Å². The van der Waals surface area contributed by atoms with Gasteiger partial charge in [-0.2, -0.15) is 0 Å². The van der Waals surface area contributed by atoms with Crippen molar-refractivity contribution in [2.75, 3.05) is 25.1 Å². The molecule has 2 rings (SSSR count). The standard InChI is InChI=1S/C15H22BrNO2/c1-11(18)12-6-7-15(14(16)9-12)17(2)10-13-5-3-4-8-19-13/h6-7,9,11,13,18H,3-5,8,10H2,1-2H3. The Morgan fingerprint density at radius 3 is 2.84 bits per heavy atom. The summed E-state index contributed by atoms with van der Waals surface area (Å²) in [5.41, 5.74) is 2.07. The third kappa shape index (κ3) is 3.94. The normalized spacial score (nSPS) is 21.2. The molecule has 0 aromatic heterocycles. The van der Waals surface area contributed by atoms with Gasteiger partial charge in [-0.15, -0.1) is 0 Å². The molecule has 0 aliphatic carbocycles. The molecular formula is C15H22BrNO2. The van der Waals surface area contributed by atoms with Gasteiger partial charge in [0.25, 0.3) is 0 Å². The number of hydrogen-bond acceptors (Lipinski definition) is 3. The molecular weight excluding hydrogens is 306 g/mol. The van der Waals surface area contributed by atoms with E-state index in [2.05, 4.69) is 33.9 Å². The van der Waals surface area contributed by atoms with Crippen molar-refractivity contribution in [1.82, 2.24) is 0 Å². The van der Waals surface area contributed by atoms with Crippen LogP contribution in [0.25, 0.3) is 0 Å². The quantitative estimate of drug-likeness (QED) is 0.918. The van der Waals surface area contributed by atoms with Crippen molar-refractivity contribution in [1.29, 1.82) is 0 Å². The number of aliphatic hydroxyl groups excluding tert-OH is 1. The predicted molar refractivity (Wildman–Crippen MR) is 81.6 cm³/mol. The molecule has 1 aliphatic heterocycles. The van der Waals surface area contributed by atoms with E-state index < -0.39 is 6.10 Å². The summed E-state index contributed by atoms with van der Waals surface area (Å²) in [7, 11) is 2.08. The highest BCUT2D eigenvalue weighted by Gasteiger charge is 2.17. The Balaban J connectivity index is 2.03. The molecule has 1 aromatic carbocycles. The minimum Gasteiger partial charge on any atom is -0.389 e. The van der Waals surface area contributed by atoms with E-state index in [9.17, 15) is 5.11 Å². The molecule has 1 fully saturated rings. The number of likely N-dealkylation sites (N-methyl/N-ethyl adjacent to an activating group) is 1. The van der Waals surface area contributed by atoms with E-state index in [1.165, 1.54) is 12.8 Å². The molecule has 1 aromatic rings. The van der Waals surface area contributed by atoms with Crippen LogP contribution in [0, 0.1) is 0 Å². The highest BCUT2D eigenvalue weighted by molar-refractivity contribution is 9.10. The summed E-state index contributed by atoms with van der Waals surface area (Å²) in [6.07, 6.45) is 3.50. The maximum absolute atomic E-state index is 9.58. The fraction of sp³-hybridized carbons (Fsp3) is 0.600. The molecule has 3 nitrogen and oxygen atoms in total. The van der Waals surface area contributed by atoms with Crippen LogP contribution in [0.4, 0.5) is 5.69 Å². The lowest BCUT2D eigenvalue weighted by Gasteiger charge is -2.29. The molecule has 1 N–H and O–H groups in total. The molecule has 0 bridgehead atoms. The number of aliphatic hydroxyl groups is 1. The SMILES string of the molecule is CC(O)c1ccc(N(C)CC2CCCCO2)c(Br)c1. The molecule has 1 heterocycles. The first-order chi connectivity index (χ1) is 9.08. The van der Waals surface area contributed by atoms with Gasteiger partial charge in [-0.3, -0.25) is 0 Å². The first-order valence-corrected chi connectivity index (χ1v) is 7.67. The third-order valence-corrected chi connectivity index (χ3v) is 4.25. The van der Waals surface area contributed by atoms with Crippen molar-refractivity contribution >= 4 is 21.6 Å². The van der Waals surface area contributed by atoms with Crippen LogP contribution in [0.1, 0.15) is 37.9 Å². The molecule has 2 atom stereocenters. The summed E-state index contributed by atoms with van der Waals surface area (Å²) in [5, 5.41) is 9.58. The number of benzene rings is 1. The predicted octanol–water partition coefficient (Wildman–Crippen LogP) is 3.51. The van der Waals surface area contributed by atoms with Gasteiger partial charge in [0.05, 0.1) is 17.9 Å². The third-order valence-electron chi connectivity index (χ3n) is 3.62. The van der Waals surface area contributed by atoms with Crippen molar-refractivity contribution in [3.8, 4) is 0 Å². The molecule has 106 valence electrons. The van der Waals surface area contributed by atoms with Gasteiger partial charge in [-0.05, 0) is 59.8 Å². The summed E-state index contributed by atoms with van der Waals surface area (Å²) < 4.78 is 6.79. The second kappa shape index (κ2) is 6.73. The molecule has 0 radical (unpaired) electrons. The molecule has 0 amide bonds. The highest BCUT2D eigenvalue weighted by Crippen LogP contribution is 2.29. The highest BCUT2D eigenvalue weighted by atomic mass is 79.9. The Morgan fingerprint density at radius 2 is 2.26 bits per heavy atom. The van der Waals surface area contributed by atoms with E-state index in [-0.39, 0.29) is 0 Å². The van der Waals surface area contributed by atoms with Crippen LogP contribution in [0.3, 0.4) is 0 Å². The van der Waals surface area contributed by atoms with Crippen LogP contribution in [0.5, 0.6) is 0 Å². The Bertz CT molecular complexity index is 417. The lowest BCUT2D eigenvalue weighted by Crippen LogP contribution is -2.33. The minimum atomic E-state index is -0.433. The summed E-state index contributed by atoms with van der Waals surface area (Å²) in [4.78, 5) is 2.21. The maximum atomic E-state index is 9.58. The van der Waals surface area contributed by atoms with Crippen LogP contribution in [0.2, 0.25) is 0 Å². The number of ether oxygens (including phenoxy) is 1. The molecule has 4 heteroatoms. The monoisotopic (exact) mass is 327 g/mol. The first-order valence-electron chi connectivity index (χ1n) is 6.88. The Morgan fingerprint density at radius 1 is 1.47 bits per heavy atom. The van der Waals surface area contributed by atoms with Crippen molar-refractivity contribution in [2.45, 2.75) is 38.4 Å². The summed E-state index contributed by atoms with van der Waals surface area (Å²) in [6, 6.07) is 6.01. The number of anilines is 1. The molecule has 0 saturated carbocycles. The molecule has 1 aliphatic rings. The van der Waals surface area contributed by atoms with Crippen molar-refractivity contribution in [3.63, 3.8) is 0 Å². The van der Waals surface area contributed by atoms with Crippen molar-refractivity contribution in [2.24, 2.45) is 0 Å². The first kappa shape index (κ1) is 14.8. The second-order valence-electron chi connectivity index (χ2n) is 5.26. The van der Waals surface area contributed by atoms with Gasteiger partial charge in [-0.1, -0.05) is 6.07 Å². The summed E-state index contributed by atoms with van der Waals surface area (Å²) in [6.45, 7) is 3.58. The number of rotatable bonds is 4. The van der Waals surface area contributed by atoms with Crippen LogP contribution >= 0.6 is 15.9 Å². The van der Waals surface area contributed by atoms with E-state index >= 15 is 0 Å². The minimum absolute atomic E-state index is 0.335. The Hall–Kier alpha value is -0.580. The zero-order chi connectivity index (χ0) is 13.8. The largest absolute Gasteiger partial charge is 0.389 e. The van der Waals surface area contributed by atoms with Gasteiger partial charge in [0.15, 0.2) is 0 Å². The van der Waals surface area contributed by atoms with Gasteiger partial charge in [0.1, 0.15) is 0 Å². The average molecular weight is 328 g/mol. The fourth-order valence-electron chi connectivity index (χ4n) is 2.45. The van der Waals surface area contributed by atoms with Crippen molar-refractivity contribution < 1.29 is 9.84 Å². The van der Waals surface area contributed by atoms with Crippen LogP contribution in [0.15, 0.2) is 22.7 Å². The van der Waals surface area contributed by atoms with Gasteiger partial charge in [-0.25, -0.2) is 0 Å². The van der Waals surface area contributed by atoms with E-state index in [0.717, 1.165) is 35.3 Å². The van der Waals surface area contributed by atoms with Crippen molar-refractivity contribution in [3.05, 3.63) is 28.2 Å². The van der Waals surface area contributed by atoms with E-state index in [1.54, 1.807) is 6.92 Å². The fourth-order valence-corrected chi connectivity index (χ4v) is 3.15. The topological polar surface area (TPSA) is 32.7 Å². The molecule has 1 saturated heterocycles. The zero-order valence-electron chi connectivity index (χ0n) is 11.6. The second-order valence-corrected chi connectivity index (χ2v) is 6.11. The van der Waals surface area contributed by atoms with Crippen LogP contribution in [-0.2, 0) is 4.74 Å². The van der Waals surface area contributed by atoms with Gasteiger partial charge in [0.2, 0.25) is 0 Å². The Labute approximate surface area is 123 Å². The van der Waals surface area contributed by atoms with Crippen LogP contribution in [-0.4, -0.2) is 31.4 Å². The molecule has 0 spiro atoms. The number of nitrogens with zero attached hydrogens (tertiary/aromatic N) is 1. The molecule has 19 heavy (non-hydrogen) atoms. The van der Waals surface area contributed by atoms with Crippen LogP contribution < -0.4 is 4.90 Å². The maximum Gasteiger partial charge on any atom is 0.0762 e. The van der Waals surface area contributed by atoms with E-state index in [4.69, 9.17) is 4.74 Å². The zero-order valence-corrected chi connectivity index (χ0v) is 13.2. The average Bonchev–Trinajstić information content (AvgIpc) is 2.39. The van der Waals surface area contributed by atoms with Gasteiger partial charge >= 0.3 is 0 Å².